The molecule has 1 saturated heterocycles. The molecule has 0 radical (unpaired) electrons. The predicted molar refractivity (Wildman–Crippen MR) is 115 cm³/mol. The highest BCUT2D eigenvalue weighted by Gasteiger charge is 2.22. The quantitative estimate of drug-likeness (QED) is 0.687. The molecule has 1 amide bonds. The molecule has 1 aliphatic heterocycles. The number of amides is 1. The number of nitrogens with one attached hydrogen (secondary N) is 3. The van der Waals surface area contributed by atoms with Gasteiger partial charge in [0, 0.05) is 17.3 Å². The smallest absolute Gasteiger partial charge is 0.262 e. The molecule has 1 aliphatic rings. The summed E-state index contributed by atoms with van der Waals surface area (Å²) < 4.78 is 28.3. The number of aryl methyl sites for hydroxylation is 2. The van der Waals surface area contributed by atoms with Gasteiger partial charge in [-0.1, -0.05) is 18.2 Å². The van der Waals surface area contributed by atoms with Crippen molar-refractivity contribution in [2.45, 2.75) is 31.6 Å². The molecule has 0 aromatic heterocycles. The van der Waals surface area contributed by atoms with Crippen molar-refractivity contribution in [1.29, 1.82) is 0 Å². The van der Waals surface area contributed by atoms with E-state index in [9.17, 15) is 13.2 Å². The van der Waals surface area contributed by atoms with Gasteiger partial charge in [-0.15, -0.1) is 12.4 Å². The van der Waals surface area contributed by atoms with Crippen LogP contribution in [0.4, 0.5) is 11.4 Å². The molecule has 1 fully saturated rings. The molecule has 8 heteroatoms. The molecule has 2 aromatic rings. The summed E-state index contributed by atoms with van der Waals surface area (Å²) in [4.78, 5) is 12.6. The zero-order chi connectivity index (χ0) is 19.4. The van der Waals surface area contributed by atoms with E-state index < -0.39 is 10.0 Å². The molecule has 0 saturated carbocycles. The first-order valence-corrected chi connectivity index (χ1v) is 10.6. The second-order valence-corrected chi connectivity index (χ2v) is 8.62. The Bertz CT molecular complexity index is 941. The van der Waals surface area contributed by atoms with Crippen molar-refractivity contribution in [3.8, 4) is 0 Å². The summed E-state index contributed by atoms with van der Waals surface area (Å²) in [6, 6.07) is 12.2. The SMILES string of the molecule is Cc1cccc(NS(=O)(=O)c2cc(NC(=O)C3CCNCC3)ccc2C)c1.Cl. The predicted octanol–water partition coefficient (Wildman–Crippen LogP) is 3.46. The Hall–Kier alpha value is -2.09. The number of carbonyl (C=O) groups is 1. The van der Waals surface area contributed by atoms with E-state index in [1.165, 1.54) is 6.07 Å². The standard InChI is InChI=1S/C20H25N3O3S.ClH/c1-14-4-3-5-18(12-14)23-27(25,26)19-13-17(7-6-15(19)2)22-20(24)16-8-10-21-11-9-16;/h3-7,12-13,16,21,23H,8-11H2,1-2H3,(H,22,24);1H. The summed E-state index contributed by atoms with van der Waals surface area (Å²) in [7, 11) is -3.76. The first kappa shape index (κ1) is 22.2. The molecule has 28 heavy (non-hydrogen) atoms. The van der Waals surface area contributed by atoms with Crippen molar-refractivity contribution in [2.75, 3.05) is 23.1 Å². The lowest BCUT2D eigenvalue weighted by Crippen LogP contribution is -2.34. The first-order chi connectivity index (χ1) is 12.8. The highest BCUT2D eigenvalue weighted by atomic mass is 35.5. The second kappa shape index (κ2) is 9.41. The van der Waals surface area contributed by atoms with Crippen LogP contribution in [0.5, 0.6) is 0 Å². The van der Waals surface area contributed by atoms with Crippen LogP contribution in [0.3, 0.4) is 0 Å². The molecule has 0 unspecified atom stereocenters. The molecule has 6 nitrogen and oxygen atoms in total. The van der Waals surface area contributed by atoms with Gasteiger partial charge in [0.2, 0.25) is 5.91 Å². The van der Waals surface area contributed by atoms with Gasteiger partial charge in [0.1, 0.15) is 0 Å². The van der Waals surface area contributed by atoms with E-state index in [-0.39, 0.29) is 29.1 Å². The van der Waals surface area contributed by atoms with E-state index in [2.05, 4.69) is 15.4 Å². The molecular weight excluding hydrogens is 398 g/mol. The van der Waals surface area contributed by atoms with Crippen molar-refractivity contribution in [2.24, 2.45) is 5.92 Å². The van der Waals surface area contributed by atoms with E-state index in [1.807, 2.05) is 13.0 Å². The summed E-state index contributed by atoms with van der Waals surface area (Å²) in [6.45, 7) is 5.29. The Morgan fingerprint density at radius 2 is 1.75 bits per heavy atom. The molecule has 0 aliphatic carbocycles. The normalized spacial score (nSPS) is 14.8. The van der Waals surface area contributed by atoms with Crippen LogP contribution in [0, 0.1) is 19.8 Å². The number of hydrogen-bond acceptors (Lipinski definition) is 4. The number of halogens is 1. The van der Waals surface area contributed by atoms with Crippen LogP contribution in [-0.2, 0) is 14.8 Å². The second-order valence-electron chi connectivity index (χ2n) is 6.97. The highest BCUT2D eigenvalue weighted by molar-refractivity contribution is 7.92. The largest absolute Gasteiger partial charge is 0.326 e. The van der Waals surface area contributed by atoms with E-state index in [4.69, 9.17) is 0 Å². The van der Waals surface area contributed by atoms with Crippen LogP contribution in [0.2, 0.25) is 0 Å². The van der Waals surface area contributed by atoms with Crippen molar-refractivity contribution >= 4 is 39.7 Å². The van der Waals surface area contributed by atoms with Gasteiger partial charge < -0.3 is 10.6 Å². The molecule has 0 bridgehead atoms. The van der Waals surface area contributed by atoms with Gasteiger partial charge in [-0.05, 0) is 75.2 Å². The van der Waals surface area contributed by atoms with E-state index in [1.54, 1.807) is 37.3 Å². The number of hydrogen-bond donors (Lipinski definition) is 3. The molecule has 152 valence electrons. The average Bonchev–Trinajstić information content (AvgIpc) is 2.63. The van der Waals surface area contributed by atoms with Crippen LogP contribution in [0.1, 0.15) is 24.0 Å². The summed E-state index contributed by atoms with van der Waals surface area (Å²) in [5, 5.41) is 6.09. The van der Waals surface area contributed by atoms with E-state index in [0.717, 1.165) is 31.5 Å². The Morgan fingerprint density at radius 3 is 2.43 bits per heavy atom. The monoisotopic (exact) mass is 423 g/mol. The summed E-state index contributed by atoms with van der Waals surface area (Å²) in [5.74, 6) is -0.103. The van der Waals surface area contributed by atoms with E-state index in [0.29, 0.717) is 16.9 Å². The maximum atomic E-state index is 12.8. The molecular formula is C20H26ClN3O3S. The summed E-state index contributed by atoms with van der Waals surface area (Å²) >= 11 is 0. The minimum absolute atomic E-state index is 0. The Kier molecular flexibility index (Phi) is 7.46. The summed E-state index contributed by atoms with van der Waals surface area (Å²) in [6.07, 6.45) is 1.58. The van der Waals surface area contributed by atoms with Crippen molar-refractivity contribution in [3.05, 3.63) is 53.6 Å². The molecule has 0 atom stereocenters. The minimum atomic E-state index is -3.76. The van der Waals surface area contributed by atoms with Crippen LogP contribution in [0.25, 0.3) is 0 Å². The highest BCUT2D eigenvalue weighted by Crippen LogP contribution is 2.24. The van der Waals surface area contributed by atoms with Gasteiger partial charge in [-0.25, -0.2) is 8.42 Å². The first-order valence-electron chi connectivity index (χ1n) is 9.07. The Balaban J connectivity index is 0.00000280. The number of benzene rings is 2. The van der Waals surface area contributed by atoms with Gasteiger partial charge in [0.25, 0.3) is 10.0 Å². The van der Waals surface area contributed by atoms with Crippen molar-refractivity contribution in [3.63, 3.8) is 0 Å². The molecule has 3 rings (SSSR count). The number of sulfonamides is 1. The van der Waals surface area contributed by atoms with Crippen LogP contribution >= 0.6 is 12.4 Å². The third-order valence-electron chi connectivity index (χ3n) is 4.73. The topological polar surface area (TPSA) is 87.3 Å². The lowest BCUT2D eigenvalue weighted by Gasteiger charge is -2.22. The molecule has 2 aromatic carbocycles. The third kappa shape index (κ3) is 5.47. The van der Waals surface area contributed by atoms with Crippen LogP contribution in [0.15, 0.2) is 47.4 Å². The fourth-order valence-electron chi connectivity index (χ4n) is 3.21. The number of anilines is 2. The van der Waals surface area contributed by atoms with Crippen molar-refractivity contribution in [1.82, 2.24) is 5.32 Å². The zero-order valence-electron chi connectivity index (χ0n) is 16.0. The summed E-state index contributed by atoms with van der Waals surface area (Å²) in [5.41, 5.74) is 2.59. The minimum Gasteiger partial charge on any atom is -0.326 e. The lowest BCUT2D eigenvalue weighted by molar-refractivity contribution is -0.120. The van der Waals surface area contributed by atoms with Crippen molar-refractivity contribution < 1.29 is 13.2 Å². The fourth-order valence-corrected chi connectivity index (χ4v) is 4.54. The Morgan fingerprint density at radius 1 is 1.04 bits per heavy atom. The zero-order valence-corrected chi connectivity index (χ0v) is 17.6. The maximum Gasteiger partial charge on any atom is 0.262 e. The number of carbonyl (C=O) groups excluding carboxylic acids is 1. The number of rotatable bonds is 5. The van der Waals surface area contributed by atoms with Gasteiger partial charge in [0.05, 0.1) is 4.90 Å². The third-order valence-corrected chi connectivity index (χ3v) is 6.25. The fraction of sp³-hybridized carbons (Fsp3) is 0.350. The lowest BCUT2D eigenvalue weighted by atomic mass is 9.97. The van der Waals surface area contributed by atoms with E-state index >= 15 is 0 Å². The van der Waals surface area contributed by atoms with Gasteiger partial charge in [-0.3, -0.25) is 9.52 Å². The van der Waals surface area contributed by atoms with Gasteiger partial charge in [-0.2, -0.15) is 0 Å². The molecule has 3 N–H and O–H groups in total. The number of piperidine rings is 1. The molecule has 1 heterocycles. The van der Waals surface area contributed by atoms with Gasteiger partial charge >= 0.3 is 0 Å². The average molecular weight is 424 g/mol. The van der Waals surface area contributed by atoms with Gasteiger partial charge in [0.15, 0.2) is 0 Å². The van der Waals surface area contributed by atoms with Crippen LogP contribution < -0.4 is 15.4 Å². The van der Waals surface area contributed by atoms with Crippen LogP contribution in [-0.4, -0.2) is 27.4 Å². The Labute approximate surface area is 172 Å². The maximum absolute atomic E-state index is 12.8. The molecule has 0 spiro atoms.